The van der Waals surface area contributed by atoms with Gasteiger partial charge in [-0.15, -0.1) is 0 Å². The van der Waals surface area contributed by atoms with Crippen LogP contribution in [0.1, 0.15) is 24.2 Å². The third-order valence-electron chi connectivity index (χ3n) is 3.78. The molecule has 0 saturated heterocycles. The fraction of sp³-hybridized carbons (Fsp3) is 0.158. The molecule has 2 aromatic carbocycles. The largest absolute Gasteiger partial charge is 0.435 e. The van der Waals surface area contributed by atoms with Crippen LogP contribution in [0.4, 0.5) is 13.6 Å². The van der Waals surface area contributed by atoms with Crippen LogP contribution < -0.4 is 5.43 Å². The van der Waals surface area contributed by atoms with Gasteiger partial charge in [0.05, 0.1) is 0 Å². The molecule has 27 heavy (non-hydrogen) atoms. The Kier molecular flexibility index (Phi) is 5.75. The van der Waals surface area contributed by atoms with E-state index < -0.39 is 29.2 Å². The van der Waals surface area contributed by atoms with E-state index in [1.54, 1.807) is 17.5 Å². The van der Waals surface area contributed by atoms with Crippen molar-refractivity contribution >= 4 is 23.6 Å². The zero-order chi connectivity index (χ0) is 19.4. The number of hydrazine groups is 1. The van der Waals surface area contributed by atoms with Crippen molar-refractivity contribution in [3.63, 3.8) is 0 Å². The molecule has 0 unspecified atom stereocenters. The van der Waals surface area contributed by atoms with E-state index in [2.05, 4.69) is 5.43 Å². The molecule has 0 spiro atoms. The first-order chi connectivity index (χ1) is 12.9. The second kappa shape index (κ2) is 8.22. The number of benzene rings is 2. The van der Waals surface area contributed by atoms with Crippen molar-refractivity contribution in [3.05, 3.63) is 82.9 Å². The van der Waals surface area contributed by atoms with E-state index >= 15 is 0 Å². The zero-order valence-corrected chi connectivity index (χ0v) is 15.1. The number of hydrogen-bond acceptors (Lipinski definition) is 5. The molecule has 1 aliphatic heterocycles. The molecule has 5 nitrogen and oxygen atoms in total. The smallest absolute Gasteiger partial charge is 0.427 e. The number of halogens is 2. The summed E-state index contributed by atoms with van der Waals surface area (Å²) in [5.74, 6) is -1.15. The molecular formula is C19H16F2N2O3S. The summed E-state index contributed by atoms with van der Waals surface area (Å²) in [7, 11) is 0. The van der Waals surface area contributed by atoms with Crippen LogP contribution in [0.15, 0.2) is 60.1 Å². The first kappa shape index (κ1) is 18.9. The van der Waals surface area contributed by atoms with Crippen LogP contribution in [0, 0.1) is 11.6 Å². The van der Waals surface area contributed by atoms with Gasteiger partial charge in [0.15, 0.2) is 17.3 Å². The Morgan fingerprint density at radius 3 is 2.22 bits per heavy atom. The van der Waals surface area contributed by atoms with Crippen LogP contribution in [0.2, 0.25) is 0 Å². The summed E-state index contributed by atoms with van der Waals surface area (Å²) in [4.78, 5) is 24.0. The molecule has 3 rings (SSSR count). The minimum absolute atomic E-state index is 0.142. The first-order valence-corrected chi connectivity index (χ1v) is 8.97. The highest BCUT2D eigenvalue weighted by Gasteiger charge is 2.28. The summed E-state index contributed by atoms with van der Waals surface area (Å²) in [6, 6.07) is 11.1. The maximum absolute atomic E-state index is 13.6. The van der Waals surface area contributed by atoms with Gasteiger partial charge in [-0.05, 0) is 47.7 Å². The van der Waals surface area contributed by atoms with E-state index in [1.807, 2.05) is 0 Å². The number of nitrogens with zero attached hydrogens (tertiary/aromatic N) is 1. The molecule has 1 atom stereocenters. The average molecular weight is 390 g/mol. The molecule has 140 valence electrons. The summed E-state index contributed by atoms with van der Waals surface area (Å²) in [5, 5.41) is 2.41. The molecule has 8 heteroatoms. The van der Waals surface area contributed by atoms with Crippen LogP contribution in [-0.4, -0.2) is 22.3 Å². The number of amides is 1. The standard InChI is InChI=1S/C19H16F2N2O3S/c1-12(24)18-23(8-9-27-18)22-19(25)26-17(13-4-2-6-15(20)10-13)14-5-3-7-16(21)11-14/h2-11,17-18H,1H3,(H,22,25)/t18-/m1/s1. The Morgan fingerprint density at radius 2 is 1.70 bits per heavy atom. The van der Waals surface area contributed by atoms with E-state index in [-0.39, 0.29) is 5.78 Å². The lowest BCUT2D eigenvalue weighted by molar-refractivity contribution is -0.119. The highest BCUT2D eigenvalue weighted by molar-refractivity contribution is 8.03. The predicted octanol–water partition coefficient (Wildman–Crippen LogP) is 4.13. The molecule has 0 saturated carbocycles. The normalized spacial score (nSPS) is 15.9. The molecule has 0 bridgehead atoms. The van der Waals surface area contributed by atoms with Gasteiger partial charge in [0.1, 0.15) is 11.6 Å². The van der Waals surface area contributed by atoms with Gasteiger partial charge in [-0.1, -0.05) is 36.0 Å². The third kappa shape index (κ3) is 4.65. The van der Waals surface area contributed by atoms with E-state index in [0.717, 1.165) is 0 Å². The predicted molar refractivity (Wildman–Crippen MR) is 97.3 cm³/mol. The van der Waals surface area contributed by atoms with Crippen LogP contribution >= 0.6 is 11.8 Å². The number of ketones is 1. The lowest BCUT2D eigenvalue weighted by Gasteiger charge is -2.25. The molecule has 2 aromatic rings. The van der Waals surface area contributed by atoms with Gasteiger partial charge in [-0.2, -0.15) is 0 Å². The summed E-state index contributed by atoms with van der Waals surface area (Å²) in [5.41, 5.74) is 3.17. The van der Waals surface area contributed by atoms with Gasteiger partial charge in [0.25, 0.3) is 0 Å². The van der Waals surface area contributed by atoms with Gasteiger partial charge >= 0.3 is 6.09 Å². The highest BCUT2D eigenvalue weighted by atomic mass is 32.2. The zero-order valence-electron chi connectivity index (χ0n) is 14.3. The Morgan fingerprint density at radius 1 is 1.11 bits per heavy atom. The van der Waals surface area contributed by atoms with Crippen LogP contribution in [0.3, 0.4) is 0 Å². The number of ether oxygens (including phenoxy) is 1. The summed E-state index contributed by atoms with van der Waals surface area (Å²) < 4.78 is 32.7. The van der Waals surface area contributed by atoms with Crippen LogP contribution in [-0.2, 0) is 9.53 Å². The topological polar surface area (TPSA) is 58.6 Å². The van der Waals surface area contributed by atoms with Crippen molar-refractivity contribution in [2.24, 2.45) is 0 Å². The van der Waals surface area contributed by atoms with Crippen molar-refractivity contribution in [3.8, 4) is 0 Å². The number of Topliss-reactive ketones (excluding diaryl/α,β-unsaturated/α-hetero) is 1. The SMILES string of the molecule is CC(=O)[C@H]1SC=CN1NC(=O)OC(c1cccc(F)c1)c1cccc(F)c1. The van der Waals surface area contributed by atoms with E-state index in [1.165, 1.54) is 66.3 Å². The fourth-order valence-electron chi connectivity index (χ4n) is 2.61. The molecular weight excluding hydrogens is 374 g/mol. The average Bonchev–Trinajstić information content (AvgIpc) is 3.08. The third-order valence-corrected chi connectivity index (χ3v) is 4.87. The maximum atomic E-state index is 13.6. The van der Waals surface area contributed by atoms with Gasteiger partial charge in [-0.25, -0.2) is 19.0 Å². The van der Waals surface area contributed by atoms with Crippen molar-refractivity contribution in [2.45, 2.75) is 18.4 Å². The van der Waals surface area contributed by atoms with Crippen LogP contribution in [0.5, 0.6) is 0 Å². The minimum atomic E-state index is -1.02. The molecule has 0 aromatic heterocycles. The van der Waals surface area contributed by atoms with Crippen LogP contribution in [0.25, 0.3) is 0 Å². The second-order valence-corrected chi connectivity index (χ2v) is 6.79. The van der Waals surface area contributed by atoms with Gasteiger partial charge < -0.3 is 4.74 Å². The number of thioether (sulfide) groups is 1. The molecule has 0 aliphatic carbocycles. The Labute approximate surface area is 159 Å². The van der Waals surface area contributed by atoms with E-state index in [4.69, 9.17) is 4.74 Å². The van der Waals surface area contributed by atoms with Crippen molar-refractivity contribution < 1.29 is 23.1 Å². The van der Waals surface area contributed by atoms with Gasteiger partial charge in [-0.3, -0.25) is 9.80 Å². The van der Waals surface area contributed by atoms with Crippen molar-refractivity contribution in [2.75, 3.05) is 0 Å². The quantitative estimate of drug-likeness (QED) is 0.832. The number of rotatable bonds is 5. The summed E-state index contributed by atoms with van der Waals surface area (Å²) in [6.45, 7) is 1.41. The lowest BCUT2D eigenvalue weighted by atomic mass is 10.0. The maximum Gasteiger partial charge on any atom is 0.427 e. The number of carbonyl (C=O) groups excluding carboxylic acids is 2. The van der Waals surface area contributed by atoms with Crippen molar-refractivity contribution in [1.29, 1.82) is 0 Å². The molecule has 1 N–H and O–H groups in total. The Balaban J connectivity index is 1.82. The Bertz CT molecular complexity index is 845. The van der Waals surface area contributed by atoms with Gasteiger partial charge in [0, 0.05) is 6.20 Å². The molecule has 1 heterocycles. The van der Waals surface area contributed by atoms with Crippen molar-refractivity contribution in [1.82, 2.24) is 10.4 Å². The summed E-state index contributed by atoms with van der Waals surface area (Å²) in [6.07, 6.45) is -0.337. The second-order valence-electron chi connectivity index (χ2n) is 5.80. The Hall–Kier alpha value is -2.87. The monoisotopic (exact) mass is 390 g/mol. The first-order valence-electron chi connectivity index (χ1n) is 8.03. The summed E-state index contributed by atoms with van der Waals surface area (Å²) >= 11 is 1.24. The fourth-order valence-corrected chi connectivity index (χ4v) is 3.41. The minimum Gasteiger partial charge on any atom is -0.435 e. The molecule has 1 amide bonds. The number of hydrogen-bond donors (Lipinski definition) is 1. The number of nitrogens with one attached hydrogen (secondary N) is 1. The lowest BCUT2D eigenvalue weighted by Crippen LogP contribution is -2.45. The molecule has 0 radical (unpaired) electrons. The molecule has 0 fully saturated rings. The van der Waals surface area contributed by atoms with E-state index in [9.17, 15) is 18.4 Å². The number of carbonyl (C=O) groups is 2. The van der Waals surface area contributed by atoms with E-state index in [0.29, 0.717) is 11.1 Å². The molecule has 1 aliphatic rings. The van der Waals surface area contributed by atoms with Gasteiger partial charge in [0.2, 0.25) is 0 Å². The highest BCUT2D eigenvalue weighted by Crippen LogP contribution is 2.28.